The molecule has 0 aromatic heterocycles. The summed E-state index contributed by atoms with van der Waals surface area (Å²) in [7, 11) is 0. The summed E-state index contributed by atoms with van der Waals surface area (Å²) in [5.74, 6) is 3.25. The van der Waals surface area contributed by atoms with E-state index in [9.17, 15) is 4.79 Å². The lowest BCUT2D eigenvalue weighted by Crippen LogP contribution is -2.48. The molecule has 1 aliphatic heterocycles. The zero-order valence-corrected chi connectivity index (χ0v) is 14.0. The summed E-state index contributed by atoms with van der Waals surface area (Å²) >= 11 is 0. The minimum Gasteiger partial charge on any atom is -0.338 e. The molecule has 0 radical (unpaired) electrons. The summed E-state index contributed by atoms with van der Waals surface area (Å²) in [5, 5.41) is 0. The molecule has 2 heteroatoms. The Labute approximate surface area is 139 Å². The molecule has 0 unspecified atom stereocenters. The van der Waals surface area contributed by atoms with E-state index in [4.69, 9.17) is 0 Å². The van der Waals surface area contributed by atoms with Crippen molar-refractivity contribution in [1.82, 2.24) is 4.90 Å². The summed E-state index contributed by atoms with van der Waals surface area (Å²) < 4.78 is 0. The van der Waals surface area contributed by atoms with Crippen molar-refractivity contribution in [2.45, 2.75) is 57.9 Å². The lowest BCUT2D eigenvalue weighted by molar-refractivity contribution is -0.140. The fraction of sp³-hybridized carbons (Fsp3) is 0.667. The van der Waals surface area contributed by atoms with Gasteiger partial charge in [-0.25, -0.2) is 0 Å². The second-order valence-corrected chi connectivity index (χ2v) is 8.93. The van der Waals surface area contributed by atoms with Crippen LogP contribution in [0.3, 0.4) is 0 Å². The lowest BCUT2D eigenvalue weighted by Gasteiger charge is -2.57. The van der Waals surface area contributed by atoms with Gasteiger partial charge in [0, 0.05) is 19.5 Å². The molecule has 4 aliphatic carbocycles. The van der Waals surface area contributed by atoms with Gasteiger partial charge >= 0.3 is 0 Å². The largest absolute Gasteiger partial charge is 0.338 e. The number of hydrogen-bond donors (Lipinski definition) is 0. The summed E-state index contributed by atoms with van der Waals surface area (Å²) in [6.45, 7) is 1.75. The Bertz CT molecular complexity index is 599. The van der Waals surface area contributed by atoms with E-state index in [0.717, 1.165) is 43.7 Å². The van der Waals surface area contributed by atoms with E-state index in [1.165, 1.54) is 49.7 Å². The van der Waals surface area contributed by atoms with Crippen molar-refractivity contribution >= 4 is 5.91 Å². The molecule has 0 atom stereocenters. The molecule has 4 bridgehead atoms. The molecule has 2 nitrogen and oxygen atoms in total. The standard InChI is InChI=1S/C21H27NO/c23-20(22-6-5-18-3-1-2-4-19(18)14-22)13-21-10-15-7-16(11-21)9-17(8-15)12-21/h1-4,15-17H,5-14H2. The Morgan fingerprint density at radius 1 is 1.00 bits per heavy atom. The van der Waals surface area contributed by atoms with Gasteiger partial charge in [0.25, 0.3) is 0 Å². The van der Waals surface area contributed by atoms with Crippen LogP contribution in [-0.4, -0.2) is 17.4 Å². The molecule has 1 heterocycles. The highest BCUT2D eigenvalue weighted by Crippen LogP contribution is 2.61. The number of rotatable bonds is 2. The molecule has 23 heavy (non-hydrogen) atoms. The predicted molar refractivity (Wildman–Crippen MR) is 90.8 cm³/mol. The van der Waals surface area contributed by atoms with Crippen LogP contribution in [0.2, 0.25) is 0 Å². The Morgan fingerprint density at radius 3 is 2.26 bits per heavy atom. The van der Waals surface area contributed by atoms with E-state index in [-0.39, 0.29) is 0 Å². The Balaban J connectivity index is 1.31. The molecule has 4 saturated carbocycles. The minimum atomic E-state index is 0.378. The summed E-state index contributed by atoms with van der Waals surface area (Å²) in [4.78, 5) is 15.2. The first-order chi connectivity index (χ1) is 11.2. The van der Waals surface area contributed by atoms with Crippen LogP contribution in [0.25, 0.3) is 0 Å². The van der Waals surface area contributed by atoms with Gasteiger partial charge in [-0.05, 0) is 79.2 Å². The second kappa shape index (κ2) is 5.09. The molecule has 122 valence electrons. The van der Waals surface area contributed by atoms with Crippen LogP contribution < -0.4 is 0 Å². The molecule has 6 rings (SSSR count). The van der Waals surface area contributed by atoms with Crippen LogP contribution in [0, 0.1) is 23.2 Å². The molecular formula is C21H27NO. The molecular weight excluding hydrogens is 282 g/mol. The Hall–Kier alpha value is -1.31. The highest BCUT2D eigenvalue weighted by atomic mass is 16.2. The average molecular weight is 309 g/mol. The highest BCUT2D eigenvalue weighted by molar-refractivity contribution is 5.77. The van der Waals surface area contributed by atoms with E-state index in [0.29, 0.717) is 11.3 Å². The molecule has 0 saturated heterocycles. The smallest absolute Gasteiger partial charge is 0.223 e. The van der Waals surface area contributed by atoms with Crippen molar-refractivity contribution in [3.05, 3.63) is 35.4 Å². The number of amides is 1. The third-order valence-electron chi connectivity index (χ3n) is 7.17. The van der Waals surface area contributed by atoms with E-state index >= 15 is 0 Å². The van der Waals surface area contributed by atoms with Crippen molar-refractivity contribution in [1.29, 1.82) is 0 Å². The number of carbonyl (C=O) groups is 1. The van der Waals surface area contributed by atoms with Gasteiger partial charge in [-0.1, -0.05) is 24.3 Å². The van der Waals surface area contributed by atoms with Gasteiger partial charge in [-0.2, -0.15) is 0 Å². The van der Waals surface area contributed by atoms with Gasteiger partial charge in [-0.3, -0.25) is 4.79 Å². The normalized spacial score (nSPS) is 37.7. The van der Waals surface area contributed by atoms with Crippen molar-refractivity contribution in [2.24, 2.45) is 23.2 Å². The first-order valence-corrected chi connectivity index (χ1v) is 9.54. The van der Waals surface area contributed by atoms with Crippen LogP contribution in [-0.2, 0) is 17.8 Å². The molecule has 5 aliphatic rings. The van der Waals surface area contributed by atoms with Crippen molar-refractivity contribution < 1.29 is 4.79 Å². The van der Waals surface area contributed by atoms with Crippen LogP contribution >= 0.6 is 0 Å². The molecule has 0 spiro atoms. The van der Waals surface area contributed by atoms with Gasteiger partial charge in [0.1, 0.15) is 0 Å². The van der Waals surface area contributed by atoms with Gasteiger partial charge in [0.2, 0.25) is 5.91 Å². The number of carbonyl (C=O) groups excluding carboxylic acids is 1. The van der Waals surface area contributed by atoms with Gasteiger partial charge in [-0.15, -0.1) is 0 Å². The summed E-state index contributed by atoms with van der Waals surface area (Å²) in [5.41, 5.74) is 3.17. The van der Waals surface area contributed by atoms with E-state index in [1.54, 1.807) is 0 Å². The summed E-state index contributed by atoms with van der Waals surface area (Å²) in [6.07, 6.45) is 10.3. The van der Waals surface area contributed by atoms with Gasteiger partial charge in [0.05, 0.1) is 0 Å². The maximum atomic E-state index is 13.0. The molecule has 1 aromatic rings. The number of fused-ring (bicyclic) bond motifs is 1. The SMILES string of the molecule is O=C(CC12CC3CC(CC(C3)C1)C2)N1CCc2ccccc2C1. The number of hydrogen-bond acceptors (Lipinski definition) is 1. The Kier molecular flexibility index (Phi) is 3.11. The van der Waals surface area contributed by atoms with Crippen LogP contribution in [0.1, 0.15) is 56.1 Å². The Morgan fingerprint density at radius 2 is 1.61 bits per heavy atom. The average Bonchev–Trinajstić information content (AvgIpc) is 2.52. The van der Waals surface area contributed by atoms with E-state index < -0.39 is 0 Å². The number of benzene rings is 1. The van der Waals surface area contributed by atoms with Gasteiger partial charge in [0.15, 0.2) is 0 Å². The van der Waals surface area contributed by atoms with Crippen LogP contribution in [0.5, 0.6) is 0 Å². The molecule has 1 amide bonds. The lowest BCUT2D eigenvalue weighted by atomic mass is 9.49. The third-order valence-corrected chi connectivity index (χ3v) is 7.17. The third kappa shape index (κ3) is 2.42. The highest BCUT2D eigenvalue weighted by Gasteiger charge is 2.51. The zero-order valence-electron chi connectivity index (χ0n) is 14.0. The van der Waals surface area contributed by atoms with Crippen molar-refractivity contribution in [3.8, 4) is 0 Å². The monoisotopic (exact) mass is 309 g/mol. The van der Waals surface area contributed by atoms with Gasteiger partial charge < -0.3 is 4.90 Å². The van der Waals surface area contributed by atoms with Crippen molar-refractivity contribution in [2.75, 3.05) is 6.54 Å². The fourth-order valence-corrected chi connectivity index (χ4v) is 6.65. The first kappa shape index (κ1) is 14.1. The maximum absolute atomic E-state index is 13.0. The van der Waals surface area contributed by atoms with Crippen LogP contribution in [0.4, 0.5) is 0 Å². The zero-order chi connectivity index (χ0) is 15.4. The predicted octanol–water partition coefficient (Wildman–Crippen LogP) is 4.18. The first-order valence-electron chi connectivity index (χ1n) is 9.54. The maximum Gasteiger partial charge on any atom is 0.223 e. The van der Waals surface area contributed by atoms with E-state index in [1.807, 2.05) is 0 Å². The van der Waals surface area contributed by atoms with Crippen LogP contribution in [0.15, 0.2) is 24.3 Å². The molecule has 1 aromatic carbocycles. The molecule has 0 N–H and O–H groups in total. The quantitative estimate of drug-likeness (QED) is 0.802. The topological polar surface area (TPSA) is 20.3 Å². The van der Waals surface area contributed by atoms with Crippen molar-refractivity contribution in [3.63, 3.8) is 0 Å². The second-order valence-electron chi connectivity index (χ2n) is 8.93. The summed E-state index contributed by atoms with van der Waals surface area (Å²) in [6, 6.07) is 8.63. The molecule has 4 fully saturated rings. The van der Waals surface area contributed by atoms with E-state index in [2.05, 4.69) is 29.2 Å². The number of nitrogens with zero attached hydrogens (tertiary/aromatic N) is 1. The fourth-order valence-electron chi connectivity index (χ4n) is 6.65. The minimum absolute atomic E-state index is 0.378.